The fraction of sp³-hybridized carbons (Fsp3) is 0.583. The summed E-state index contributed by atoms with van der Waals surface area (Å²) in [5.41, 5.74) is 0.893. The first-order chi connectivity index (χ1) is 7.25. The molecule has 3 heteroatoms. The van der Waals surface area contributed by atoms with Crippen molar-refractivity contribution in [1.82, 2.24) is 5.32 Å². The first-order valence-electron chi connectivity index (χ1n) is 5.57. The van der Waals surface area contributed by atoms with Gasteiger partial charge in [0.1, 0.15) is 0 Å². The predicted octanol–water partition coefficient (Wildman–Crippen LogP) is 2.77. The van der Waals surface area contributed by atoms with Gasteiger partial charge in [-0.3, -0.25) is 4.79 Å². The molecule has 1 aliphatic heterocycles. The molecular weight excluding hydrogens is 206 g/mol. The molecule has 0 radical (unpaired) electrons. The number of hydrogen-bond acceptors (Lipinski definition) is 3. The molecular formula is C12H17NOS. The van der Waals surface area contributed by atoms with Crippen molar-refractivity contribution in [3.8, 4) is 0 Å². The normalized spacial score (nSPS) is 21.5. The maximum atomic E-state index is 11.9. The Bertz CT molecular complexity index is 339. The van der Waals surface area contributed by atoms with Gasteiger partial charge in [0.05, 0.1) is 0 Å². The Morgan fingerprint density at radius 2 is 2.47 bits per heavy atom. The van der Waals surface area contributed by atoms with E-state index in [0.717, 1.165) is 18.5 Å². The van der Waals surface area contributed by atoms with Crippen molar-refractivity contribution in [2.75, 3.05) is 6.54 Å². The van der Waals surface area contributed by atoms with Gasteiger partial charge in [-0.1, -0.05) is 6.42 Å². The monoisotopic (exact) mass is 223 g/mol. The standard InChI is InChI=1S/C12H17NOS/c1-9-6-10(8-15-9)12(14)7-11-4-2-3-5-13-11/h6,8,11,13H,2-5,7H2,1H3. The maximum Gasteiger partial charge on any atom is 0.165 e. The minimum absolute atomic E-state index is 0.291. The Labute approximate surface area is 94.7 Å². The van der Waals surface area contributed by atoms with Gasteiger partial charge in [-0.15, -0.1) is 11.3 Å². The van der Waals surface area contributed by atoms with Crippen LogP contribution in [0.3, 0.4) is 0 Å². The molecule has 1 N–H and O–H groups in total. The summed E-state index contributed by atoms with van der Waals surface area (Å²) in [5, 5.41) is 5.38. The summed E-state index contributed by atoms with van der Waals surface area (Å²) in [5.74, 6) is 0.291. The van der Waals surface area contributed by atoms with Crippen LogP contribution in [0.15, 0.2) is 11.4 Å². The van der Waals surface area contributed by atoms with Crippen molar-refractivity contribution in [3.05, 3.63) is 21.9 Å². The quantitative estimate of drug-likeness (QED) is 0.798. The van der Waals surface area contributed by atoms with Crippen LogP contribution >= 0.6 is 11.3 Å². The predicted molar refractivity (Wildman–Crippen MR) is 63.6 cm³/mol. The fourth-order valence-electron chi connectivity index (χ4n) is 2.03. The zero-order chi connectivity index (χ0) is 10.7. The second kappa shape index (κ2) is 4.90. The highest BCUT2D eigenvalue weighted by atomic mass is 32.1. The molecule has 1 saturated heterocycles. The molecule has 0 saturated carbocycles. The average Bonchev–Trinajstić information content (AvgIpc) is 2.66. The zero-order valence-corrected chi connectivity index (χ0v) is 9.90. The van der Waals surface area contributed by atoms with E-state index in [-0.39, 0.29) is 0 Å². The van der Waals surface area contributed by atoms with Crippen LogP contribution in [0, 0.1) is 6.92 Å². The molecule has 0 aromatic carbocycles. The molecule has 2 heterocycles. The van der Waals surface area contributed by atoms with Crippen molar-refractivity contribution in [2.45, 2.75) is 38.6 Å². The van der Waals surface area contributed by atoms with E-state index >= 15 is 0 Å². The first-order valence-corrected chi connectivity index (χ1v) is 6.45. The lowest BCUT2D eigenvalue weighted by molar-refractivity contribution is 0.0964. The van der Waals surface area contributed by atoms with Crippen molar-refractivity contribution < 1.29 is 4.79 Å². The van der Waals surface area contributed by atoms with E-state index in [2.05, 4.69) is 5.32 Å². The number of carbonyl (C=O) groups excluding carboxylic acids is 1. The van der Waals surface area contributed by atoms with Crippen LogP contribution in [-0.4, -0.2) is 18.4 Å². The van der Waals surface area contributed by atoms with Gasteiger partial charge in [-0.25, -0.2) is 0 Å². The third kappa shape index (κ3) is 2.89. The molecule has 0 amide bonds. The third-order valence-corrected chi connectivity index (χ3v) is 3.76. The molecule has 1 unspecified atom stereocenters. The van der Waals surface area contributed by atoms with Gasteiger partial charge in [0, 0.05) is 28.3 Å². The summed E-state index contributed by atoms with van der Waals surface area (Å²) in [4.78, 5) is 13.1. The molecule has 0 aliphatic carbocycles. The van der Waals surface area contributed by atoms with Gasteiger partial charge < -0.3 is 5.32 Å². The Hall–Kier alpha value is -0.670. The molecule has 15 heavy (non-hydrogen) atoms. The van der Waals surface area contributed by atoms with Gasteiger partial charge in [0.15, 0.2) is 5.78 Å². The largest absolute Gasteiger partial charge is 0.314 e. The van der Waals surface area contributed by atoms with Crippen molar-refractivity contribution in [2.24, 2.45) is 0 Å². The lowest BCUT2D eigenvalue weighted by Gasteiger charge is -2.22. The van der Waals surface area contributed by atoms with Crippen LogP contribution in [0.5, 0.6) is 0 Å². The first kappa shape index (κ1) is 10.8. The average molecular weight is 223 g/mol. The lowest BCUT2D eigenvalue weighted by Crippen LogP contribution is -2.35. The van der Waals surface area contributed by atoms with Gasteiger partial charge in [0.25, 0.3) is 0 Å². The minimum Gasteiger partial charge on any atom is -0.314 e. The number of aryl methyl sites for hydroxylation is 1. The summed E-state index contributed by atoms with van der Waals surface area (Å²) < 4.78 is 0. The Morgan fingerprint density at radius 1 is 1.60 bits per heavy atom. The van der Waals surface area contributed by atoms with Crippen LogP contribution in [0.1, 0.15) is 40.9 Å². The number of piperidine rings is 1. The third-order valence-electron chi connectivity index (χ3n) is 2.90. The molecule has 2 rings (SSSR count). The second-order valence-corrected chi connectivity index (χ2v) is 5.34. The molecule has 1 aromatic rings. The summed E-state index contributed by atoms with van der Waals surface area (Å²) in [7, 11) is 0. The number of nitrogens with one attached hydrogen (secondary N) is 1. The summed E-state index contributed by atoms with van der Waals surface area (Å²) in [6, 6.07) is 2.40. The van der Waals surface area contributed by atoms with E-state index in [9.17, 15) is 4.79 Å². The summed E-state index contributed by atoms with van der Waals surface area (Å²) >= 11 is 1.65. The molecule has 1 aliphatic rings. The van der Waals surface area contributed by atoms with Crippen LogP contribution < -0.4 is 5.32 Å². The number of thiophene rings is 1. The smallest absolute Gasteiger partial charge is 0.165 e. The van der Waals surface area contributed by atoms with Crippen LogP contribution in [0.2, 0.25) is 0 Å². The van der Waals surface area contributed by atoms with E-state index in [1.54, 1.807) is 11.3 Å². The van der Waals surface area contributed by atoms with E-state index < -0.39 is 0 Å². The number of hydrogen-bond donors (Lipinski definition) is 1. The molecule has 2 nitrogen and oxygen atoms in total. The van der Waals surface area contributed by atoms with Gasteiger partial charge in [0.2, 0.25) is 0 Å². The fourth-order valence-corrected chi connectivity index (χ4v) is 2.74. The van der Waals surface area contributed by atoms with Gasteiger partial charge in [-0.05, 0) is 32.4 Å². The summed E-state index contributed by atoms with van der Waals surface area (Å²) in [6.07, 6.45) is 4.32. The highest BCUT2D eigenvalue weighted by Gasteiger charge is 2.17. The lowest BCUT2D eigenvalue weighted by atomic mass is 9.98. The Morgan fingerprint density at radius 3 is 3.07 bits per heavy atom. The van der Waals surface area contributed by atoms with E-state index in [0.29, 0.717) is 18.2 Å². The molecule has 0 spiro atoms. The van der Waals surface area contributed by atoms with Crippen LogP contribution in [-0.2, 0) is 0 Å². The van der Waals surface area contributed by atoms with E-state index in [1.807, 2.05) is 18.4 Å². The van der Waals surface area contributed by atoms with Crippen molar-refractivity contribution in [1.29, 1.82) is 0 Å². The number of carbonyl (C=O) groups is 1. The molecule has 1 fully saturated rings. The van der Waals surface area contributed by atoms with Crippen molar-refractivity contribution in [3.63, 3.8) is 0 Å². The molecule has 0 bridgehead atoms. The SMILES string of the molecule is Cc1cc(C(=O)CC2CCCCN2)cs1. The zero-order valence-electron chi connectivity index (χ0n) is 9.08. The van der Waals surface area contributed by atoms with E-state index in [4.69, 9.17) is 0 Å². The Kier molecular flexibility index (Phi) is 3.54. The topological polar surface area (TPSA) is 29.1 Å². The molecule has 1 atom stereocenters. The van der Waals surface area contributed by atoms with E-state index in [1.165, 1.54) is 17.7 Å². The van der Waals surface area contributed by atoms with Gasteiger partial charge >= 0.3 is 0 Å². The number of ketones is 1. The number of Topliss-reactive ketones (excluding diaryl/α,β-unsaturated/α-hetero) is 1. The van der Waals surface area contributed by atoms with Crippen molar-refractivity contribution >= 4 is 17.1 Å². The van der Waals surface area contributed by atoms with Crippen LogP contribution in [0.4, 0.5) is 0 Å². The summed E-state index contributed by atoms with van der Waals surface area (Å²) in [6.45, 7) is 3.11. The Balaban J connectivity index is 1.91. The van der Waals surface area contributed by atoms with Gasteiger partial charge in [-0.2, -0.15) is 0 Å². The maximum absolute atomic E-state index is 11.9. The highest BCUT2D eigenvalue weighted by Crippen LogP contribution is 2.17. The second-order valence-electron chi connectivity index (χ2n) is 4.22. The molecule has 1 aromatic heterocycles. The van der Waals surface area contributed by atoms with Crippen LogP contribution in [0.25, 0.3) is 0 Å². The minimum atomic E-state index is 0.291. The number of rotatable bonds is 3. The molecule has 82 valence electrons. The highest BCUT2D eigenvalue weighted by molar-refractivity contribution is 7.10.